The molecule has 2 rings (SSSR count). The number of hydrogen-bond acceptors (Lipinski definition) is 2. The highest BCUT2D eigenvalue weighted by molar-refractivity contribution is 5.61. The predicted octanol–water partition coefficient (Wildman–Crippen LogP) is 4.64. The average molecular weight is 259 g/mol. The molecular weight excluding hydrogens is 234 g/mol. The van der Waals surface area contributed by atoms with Crippen LogP contribution in [0.2, 0.25) is 0 Å². The number of phenolic OH excluding ortho intramolecular Hbond substituents is 1. The molecule has 0 amide bonds. The zero-order valence-electron chi connectivity index (χ0n) is 11.9. The molecule has 2 nitrogen and oxygen atoms in total. The fourth-order valence-corrected chi connectivity index (χ4v) is 3.11. The first-order valence-corrected chi connectivity index (χ1v) is 7.38. The van der Waals surface area contributed by atoms with Crippen molar-refractivity contribution >= 4 is 5.69 Å². The molecule has 104 valence electrons. The molecule has 1 aliphatic carbocycles. The minimum absolute atomic E-state index is 0.352. The van der Waals surface area contributed by atoms with Crippen LogP contribution in [-0.2, 0) is 0 Å². The van der Waals surface area contributed by atoms with Gasteiger partial charge in [0.15, 0.2) is 0 Å². The van der Waals surface area contributed by atoms with Gasteiger partial charge in [0.1, 0.15) is 5.75 Å². The summed E-state index contributed by atoms with van der Waals surface area (Å²) in [5.41, 5.74) is 1.99. The van der Waals surface area contributed by atoms with E-state index in [1.807, 2.05) is 25.1 Å². The Morgan fingerprint density at radius 1 is 1.37 bits per heavy atom. The molecule has 19 heavy (non-hydrogen) atoms. The summed E-state index contributed by atoms with van der Waals surface area (Å²) in [6.45, 7) is 5.91. The van der Waals surface area contributed by atoms with E-state index in [0.717, 1.165) is 17.7 Å². The summed E-state index contributed by atoms with van der Waals surface area (Å²) >= 11 is 0. The van der Waals surface area contributed by atoms with E-state index in [1.54, 1.807) is 6.07 Å². The van der Waals surface area contributed by atoms with E-state index in [9.17, 15) is 5.11 Å². The van der Waals surface area contributed by atoms with Crippen molar-refractivity contribution < 1.29 is 5.11 Å². The van der Waals surface area contributed by atoms with Crippen LogP contribution in [0.5, 0.6) is 5.75 Å². The number of anilines is 1. The number of nitrogens with one attached hydrogen (secondary N) is 1. The van der Waals surface area contributed by atoms with Gasteiger partial charge in [-0.15, -0.1) is 6.58 Å². The number of hydrogen-bond donors (Lipinski definition) is 2. The van der Waals surface area contributed by atoms with Crippen LogP contribution in [0.25, 0.3) is 0 Å². The third kappa shape index (κ3) is 3.52. The van der Waals surface area contributed by atoms with Crippen LogP contribution < -0.4 is 5.32 Å². The van der Waals surface area contributed by atoms with Gasteiger partial charge in [-0.25, -0.2) is 0 Å². The lowest BCUT2D eigenvalue weighted by Crippen LogP contribution is -2.30. The van der Waals surface area contributed by atoms with Crippen molar-refractivity contribution in [3.05, 3.63) is 36.4 Å². The summed E-state index contributed by atoms with van der Waals surface area (Å²) in [6.07, 6.45) is 9.56. The van der Waals surface area contributed by atoms with Crippen molar-refractivity contribution in [2.24, 2.45) is 5.92 Å². The first kappa shape index (κ1) is 14.0. The highest BCUT2D eigenvalue weighted by Crippen LogP contribution is 2.33. The van der Waals surface area contributed by atoms with E-state index in [1.165, 1.54) is 32.1 Å². The first-order chi connectivity index (χ1) is 9.22. The Morgan fingerprint density at radius 2 is 2.11 bits per heavy atom. The van der Waals surface area contributed by atoms with Crippen LogP contribution in [0, 0.1) is 12.8 Å². The van der Waals surface area contributed by atoms with Gasteiger partial charge in [0.25, 0.3) is 0 Å². The maximum absolute atomic E-state index is 10.0. The summed E-state index contributed by atoms with van der Waals surface area (Å²) in [5, 5.41) is 13.6. The predicted molar refractivity (Wildman–Crippen MR) is 81.6 cm³/mol. The molecule has 1 saturated carbocycles. The monoisotopic (exact) mass is 259 g/mol. The highest BCUT2D eigenvalue weighted by Gasteiger charge is 2.23. The number of phenols is 1. The van der Waals surface area contributed by atoms with Gasteiger partial charge in [0.2, 0.25) is 0 Å². The van der Waals surface area contributed by atoms with Gasteiger partial charge in [-0.1, -0.05) is 37.5 Å². The van der Waals surface area contributed by atoms with Crippen LogP contribution >= 0.6 is 0 Å². The Hall–Kier alpha value is -1.44. The summed E-state index contributed by atoms with van der Waals surface area (Å²) in [5.74, 6) is 1.05. The lowest BCUT2D eigenvalue weighted by atomic mass is 9.82. The Morgan fingerprint density at radius 3 is 2.74 bits per heavy atom. The molecule has 0 aromatic heterocycles. The van der Waals surface area contributed by atoms with Crippen molar-refractivity contribution in [1.82, 2.24) is 0 Å². The molecule has 0 unspecified atom stereocenters. The Labute approximate surface area is 116 Å². The van der Waals surface area contributed by atoms with Gasteiger partial charge in [-0.2, -0.15) is 0 Å². The molecule has 1 aromatic carbocycles. The quantitative estimate of drug-likeness (QED) is 0.596. The number of rotatable bonds is 5. The SMILES string of the molecule is C=CC[C@@H](Nc1c(C)cccc1O)C1CCCCC1. The van der Waals surface area contributed by atoms with Gasteiger partial charge in [-0.05, 0) is 43.7 Å². The molecule has 0 heterocycles. The Bertz CT molecular complexity index is 401. The van der Waals surface area contributed by atoms with Crippen LogP contribution in [0.1, 0.15) is 44.1 Å². The zero-order valence-corrected chi connectivity index (χ0v) is 11.9. The van der Waals surface area contributed by atoms with Gasteiger partial charge in [0, 0.05) is 6.04 Å². The molecule has 1 atom stereocenters. The van der Waals surface area contributed by atoms with Gasteiger partial charge in [-0.3, -0.25) is 0 Å². The Kier molecular flexibility index (Phi) is 4.89. The molecule has 0 bridgehead atoms. The summed E-state index contributed by atoms with van der Waals surface area (Å²) in [6, 6.07) is 6.07. The number of benzene rings is 1. The van der Waals surface area contributed by atoms with E-state index in [-0.39, 0.29) is 0 Å². The topological polar surface area (TPSA) is 32.3 Å². The molecule has 2 heteroatoms. The lowest BCUT2D eigenvalue weighted by Gasteiger charge is -2.31. The second-order valence-electron chi connectivity index (χ2n) is 5.64. The van der Waals surface area contributed by atoms with Gasteiger partial charge >= 0.3 is 0 Å². The van der Waals surface area contributed by atoms with Crippen LogP contribution in [0.4, 0.5) is 5.69 Å². The minimum atomic E-state index is 0.352. The molecule has 1 aromatic rings. The molecule has 0 radical (unpaired) electrons. The second kappa shape index (κ2) is 6.65. The van der Waals surface area contributed by atoms with E-state index >= 15 is 0 Å². The molecular formula is C17H25NO. The Balaban J connectivity index is 2.13. The molecule has 1 aliphatic rings. The third-order valence-corrected chi connectivity index (χ3v) is 4.22. The van der Waals surface area contributed by atoms with Crippen molar-refractivity contribution in [1.29, 1.82) is 0 Å². The smallest absolute Gasteiger partial charge is 0.138 e. The van der Waals surface area contributed by atoms with Crippen LogP contribution in [0.3, 0.4) is 0 Å². The molecule has 1 fully saturated rings. The third-order valence-electron chi connectivity index (χ3n) is 4.22. The molecule has 0 aliphatic heterocycles. The van der Waals surface area contributed by atoms with Crippen LogP contribution in [-0.4, -0.2) is 11.1 Å². The lowest BCUT2D eigenvalue weighted by molar-refractivity contribution is 0.317. The van der Waals surface area contributed by atoms with E-state index in [0.29, 0.717) is 17.7 Å². The summed E-state index contributed by atoms with van der Waals surface area (Å²) < 4.78 is 0. The highest BCUT2D eigenvalue weighted by atomic mass is 16.3. The summed E-state index contributed by atoms with van der Waals surface area (Å²) in [4.78, 5) is 0. The van der Waals surface area contributed by atoms with Crippen molar-refractivity contribution in [2.75, 3.05) is 5.32 Å². The average Bonchev–Trinajstić information content (AvgIpc) is 2.43. The van der Waals surface area contributed by atoms with Gasteiger partial charge < -0.3 is 10.4 Å². The normalized spacial score (nSPS) is 17.9. The van der Waals surface area contributed by atoms with Crippen molar-refractivity contribution in [3.8, 4) is 5.75 Å². The zero-order chi connectivity index (χ0) is 13.7. The molecule has 0 spiro atoms. The van der Waals surface area contributed by atoms with E-state index in [2.05, 4.69) is 11.9 Å². The summed E-state index contributed by atoms with van der Waals surface area (Å²) in [7, 11) is 0. The van der Waals surface area contributed by atoms with E-state index in [4.69, 9.17) is 0 Å². The largest absolute Gasteiger partial charge is 0.506 e. The number of aromatic hydroxyl groups is 1. The van der Waals surface area contributed by atoms with Crippen LogP contribution in [0.15, 0.2) is 30.9 Å². The fourth-order valence-electron chi connectivity index (χ4n) is 3.11. The van der Waals surface area contributed by atoms with E-state index < -0.39 is 0 Å². The number of para-hydroxylation sites is 1. The standard InChI is InChI=1S/C17H25NO/c1-3-8-15(14-10-5-4-6-11-14)18-17-13(2)9-7-12-16(17)19/h3,7,9,12,14-15,18-19H,1,4-6,8,10-11H2,2H3/t15-/m1/s1. The second-order valence-corrected chi connectivity index (χ2v) is 5.64. The maximum atomic E-state index is 10.0. The minimum Gasteiger partial charge on any atom is -0.506 e. The molecule has 0 saturated heterocycles. The first-order valence-electron chi connectivity index (χ1n) is 7.38. The van der Waals surface area contributed by atoms with Crippen molar-refractivity contribution in [3.63, 3.8) is 0 Å². The van der Waals surface area contributed by atoms with Gasteiger partial charge in [0.05, 0.1) is 5.69 Å². The number of aryl methyl sites for hydroxylation is 1. The fraction of sp³-hybridized carbons (Fsp3) is 0.529. The maximum Gasteiger partial charge on any atom is 0.138 e. The molecule has 2 N–H and O–H groups in total. The van der Waals surface area contributed by atoms with Crippen molar-refractivity contribution in [2.45, 2.75) is 51.5 Å².